The standard InChI is InChI=1S/C14H14O2/c1-13(2)11(12(15)16)14(13)8-7-9-5-3-4-6-10(9)14/h3-8,11H,1-2H3,(H,15,16)/t11-,14+/m1/s1. The largest absolute Gasteiger partial charge is 0.481 e. The van der Waals surface area contributed by atoms with Gasteiger partial charge in [0, 0.05) is 5.41 Å². The third kappa shape index (κ3) is 0.823. The fourth-order valence-electron chi connectivity index (χ4n) is 3.44. The average molecular weight is 214 g/mol. The molecule has 0 aromatic heterocycles. The predicted molar refractivity (Wildman–Crippen MR) is 62.1 cm³/mol. The molecule has 0 amide bonds. The second-order valence-corrected chi connectivity index (χ2v) is 5.28. The lowest BCUT2D eigenvalue weighted by Crippen LogP contribution is -2.11. The number of aliphatic carboxylic acids is 1. The first-order valence-corrected chi connectivity index (χ1v) is 5.53. The minimum atomic E-state index is -0.689. The van der Waals surface area contributed by atoms with Gasteiger partial charge >= 0.3 is 5.97 Å². The van der Waals surface area contributed by atoms with E-state index in [2.05, 4.69) is 18.2 Å². The summed E-state index contributed by atoms with van der Waals surface area (Å²) in [5, 5.41) is 9.31. The SMILES string of the molecule is CC1(C)[C@@H](C(=O)O)[C@@]12C=Cc1ccccc12. The van der Waals surface area contributed by atoms with Crippen LogP contribution in [0.1, 0.15) is 25.0 Å². The summed E-state index contributed by atoms with van der Waals surface area (Å²) >= 11 is 0. The Morgan fingerprint density at radius 1 is 1.31 bits per heavy atom. The Morgan fingerprint density at radius 3 is 2.62 bits per heavy atom. The van der Waals surface area contributed by atoms with E-state index in [0.717, 1.165) is 0 Å². The Bertz CT molecular complexity index is 513. The van der Waals surface area contributed by atoms with Crippen molar-refractivity contribution in [3.63, 3.8) is 0 Å². The van der Waals surface area contributed by atoms with E-state index in [9.17, 15) is 9.90 Å². The molecule has 2 heteroatoms. The molecule has 82 valence electrons. The molecule has 0 unspecified atom stereocenters. The summed E-state index contributed by atoms with van der Waals surface area (Å²) in [6.45, 7) is 4.08. The van der Waals surface area contributed by atoms with Crippen LogP contribution < -0.4 is 0 Å². The van der Waals surface area contributed by atoms with Crippen molar-refractivity contribution in [3.05, 3.63) is 41.5 Å². The number of hydrogen-bond donors (Lipinski definition) is 1. The summed E-state index contributed by atoms with van der Waals surface area (Å²) in [4.78, 5) is 11.3. The second kappa shape index (κ2) is 2.57. The lowest BCUT2D eigenvalue weighted by Gasteiger charge is -2.13. The highest BCUT2D eigenvalue weighted by molar-refractivity contribution is 5.85. The first-order chi connectivity index (χ1) is 7.52. The van der Waals surface area contributed by atoms with Gasteiger partial charge < -0.3 is 5.11 Å². The zero-order chi connectivity index (χ0) is 11.6. The summed E-state index contributed by atoms with van der Waals surface area (Å²) in [7, 11) is 0. The fraction of sp³-hybridized carbons (Fsp3) is 0.357. The van der Waals surface area contributed by atoms with Crippen molar-refractivity contribution in [1.29, 1.82) is 0 Å². The summed E-state index contributed by atoms with van der Waals surface area (Å²) < 4.78 is 0. The van der Waals surface area contributed by atoms with Gasteiger partial charge in [0.25, 0.3) is 0 Å². The number of fused-ring (bicyclic) bond motifs is 2. The zero-order valence-electron chi connectivity index (χ0n) is 9.40. The molecule has 16 heavy (non-hydrogen) atoms. The van der Waals surface area contributed by atoms with Gasteiger partial charge in [-0.1, -0.05) is 50.3 Å². The van der Waals surface area contributed by atoms with Crippen molar-refractivity contribution in [2.24, 2.45) is 11.3 Å². The Balaban J connectivity index is 2.18. The Hall–Kier alpha value is -1.57. The van der Waals surface area contributed by atoms with Gasteiger partial charge in [-0.05, 0) is 16.5 Å². The quantitative estimate of drug-likeness (QED) is 0.780. The van der Waals surface area contributed by atoms with E-state index in [0.29, 0.717) is 0 Å². The maximum atomic E-state index is 11.3. The number of carboxylic acid groups (broad SMARTS) is 1. The van der Waals surface area contributed by atoms with E-state index in [1.807, 2.05) is 32.0 Å². The minimum Gasteiger partial charge on any atom is -0.481 e. The van der Waals surface area contributed by atoms with Gasteiger partial charge in [-0.2, -0.15) is 0 Å². The normalized spacial score (nSPS) is 32.8. The van der Waals surface area contributed by atoms with Gasteiger partial charge in [0.15, 0.2) is 0 Å². The smallest absolute Gasteiger partial charge is 0.308 e. The first-order valence-electron chi connectivity index (χ1n) is 5.53. The topological polar surface area (TPSA) is 37.3 Å². The number of benzene rings is 1. The zero-order valence-corrected chi connectivity index (χ0v) is 9.40. The summed E-state index contributed by atoms with van der Waals surface area (Å²) in [6, 6.07) is 8.09. The van der Waals surface area contributed by atoms with Gasteiger partial charge in [0.05, 0.1) is 5.92 Å². The molecule has 2 aliphatic carbocycles. The van der Waals surface area contributed by atoms with Gasteiger partial charge in [-0.15, -0.1) is 0 Å². The molecule has 3 rings (SSSR count). The molecular weight excluding hydrogens is 200 g/mol. The van der Waals surface area contributed by atoms with Crippen molar-refractivity contribution >= 4 is 12.0 Å². The Labute approximate surface area is 94.6 Å². The highest BCUT2D eigenvalue weighted by Gasteiger charge is 2.75. The van der Waals surface area contributed by atoms with Crippen LogP contribution in [-0.2, 0) is 10.2 Å². The summed E-state index contributed by atoms with van der Waals surface area (Å²) in [5.74, 6) is -0.980. The van der Waals surface area contributed by atoms with Crippen LogP contribution in [0.25, 0.3) is 6.08 Å². The van der Waals surface area contributed by atoms with E-state index in [-0.39, 0.29) is 16.7 Å². The molecule has 0 heterocycles. The van der Waals surface area contributed by atoms with Crippen LogP contribution in [0.3, 0.4) is 0 Å². The van der Waals surface area contributed by atoms with Crippen LogP contribution >= 0.6 is 0 Å². The van der Waals surface area contributed by atoms with Gasteiger partial charge in [-0.25, -0.2) is 0 Å². The van der Waals surface area contributed by atoms with Crippen molar-refractivity contribution in [3.8, 4) is 0 Å². The molecule has 1 fully saturated rings. The van der Waals surface area contributed by atoms with Crippen molar-refractivity contribution in [1.82, 2.24) is 0 Å². The van der Waals surface area contributed by atoms with Crippen molar-refractivity contribution < 1.29 is 9.90 Å². The van der Waals surface area contributed by atoms with Crippen LogP contribution in [0, 0.1) is 11.3 Å². The Kier molecular flexibility index (Phi) is 1.55. The van der Waals surface area contributed by atoms with E-state index >= 15 is 0 Å². The number of hydrogen-bond acceptors (Lipinski definition) is 1. The lowest BCUT2D eigenvalue weighted by atomic mass is 9.90. The molecule has 0 aliphatic heterocycles. The molecule has 1 spiro atoms. The third-order valence-corrected chi connectivity index (χ3v) is 4.34. The minimum absolute atomic E-state index is 0.179. The average Bonchev–Trinajstić information content (AvgIpc) is 2.52. The van der Waals surface area contributed by atoms with Gasteiger partial charge in [0.1, 0.15) is 0 Å². The third-order valence-electron chi connectivity index (χ3n) is 4.34. The monoisotopic (exact) mass is 214 g/mol. The predicted octanol–water partition coefficient (Wildman–Crippen LogP) is 2.69. The van der Waals surface area contributed by atoms with Crippen molar-refractivity contribution in [2.75, 3.05) is 0 Å². The molecule has 2 nitrogen and oxygen atoms in total. The number of rotatable bonds is 1. The fourth-order valence-corrected chi connectivity index (χ4v) is 3.44. The molecule has 0 saturated heterocycles. The first kappa shape index (κ1) is 9.64. The van der Waals surface area contributed by atoms with E-state index in [1.165, 1.54) is 11.1 Å². The molecule has 0 radical (unpaired) electrons. The summed E-state index contributed by atoms with van der Waals surface area (Å²) in [5.41, 5.74) is 1.89. The highest BCUT2D eigenvalue weighted by Crippen LogP contribution is 2.72. The Morgan fingerprint density at radius 2 is 2.00 bits per heavy atom. The van der Waals surface area contributed by atoms with E-state index in [1.54, 1.807) is 0 Å². The van der Waals surface area contributed by atoms with Crippen LogP contribution in [0.2, 0.25) is 0 Å². The molecule has 1 N–H and O–H groups in total. The molecule has 1 aromatic rings. The van der Waals surface area contributed by atoms with Gasteiger partial charge in [-0.3, -0.25) is 4.79 Å². The lowest BCUT2D eigenvalue weighted by molar-refractivity contribution is -0.139. The van der Waals surface area contributed by atoms with Crippen molar-refractivity contribution in [2.45, 2.75) is 19.3 Å². The number of carboxylic acids is 1. The van der Waals surface area contributed by atoms with Crippen LogP contribution in [0.4, 0.5) is 0 Å². The van der Waals surface area contributed by atoms with Crippen LogP contribution in [0.15, 0.2) is 30.3 Å². The highest BCUT2D eigenvalue weighted by atomic mass is 16.4. The number of allylic oxidation sites excluding steroid dienone is 1. The second-order valence-electron chi connectivity index (χ2n) is 5.28. The molecule has 2 aliphatic rings. The molecular formula is C14H14O2. The van der Waals surface area contributed by atoms with Crippen LogP contribution in [0.5, 0.6) is 0 Å². The van der Waals surface area contributed by atoms with E-state index in [4.69, 9.17) is 0 Å². The summed E-state index contributed by atoms with van der Waals surface area (Å²) in [6.07, 6.45) is 4.14. The maximum absolute atomic E-state index is 11.3. The van der Waals surface area contributed by atoms with E-state index < -0.39 is 5.97 Å². The molecule has 2 atom stereocenters. The molecule has 1 aromatic carbocycles. The van der Waals surface area contributed by atoms with Gasteiger partial charge in [0.2, 0.25) is 0 Å². The molecule has 0 bridgehead atoms. The maximum Gasteiger partial charge on any atom is 0.308 e. The van der Waals surface area contributed by atoms with Crippen LogP contribution in [-0.4, -0.2) is 11.1 Å². The molecule has 1 saturated carbocycles. The number of carbonyl (C=O) groups is 1.